The highest BCUT2D eigenvalue weighted by Crippen LogP contribution is 2.28. The summed E-state index contributed by atoms with van der Waals surface area (Å²) in [6.45, 7) is 1.57. The van der Waals surface area contributed by atoms with Crippen LogP contribution < -0.4 is 4.31 Å². The number of rotatable bonds is 4. The van der Waals surface area contributed by atoms with E-state index in [-0.39, 0.29) is 22.2 Å². The number of hydrogen-bond acceptors (Lipinski definition) is 3. The van der Waals surface area contributed by atoms with E-state index in [9.17, 15) is 12.8 Å². The predicted molar refractivity (Wildman–Crippen MR) is 74.9 cm³/mol. The Kier molecular flexibility index (Phi) is 4.01. The number of H-pyrrole nitrogens is 1. The Morgan fingerprint density at radius 1 is 1.40 bits per heavy atom. The molecule has 5 nitrogen and oxygen atoms in total. The molecule has 0 aliphatic heterocycles. The molecule has 0 bridgehead atoms. The lowest BCUT2D eigenvalue weighted by molar-refractivity contribution is 0.588. The smallest absolute Gasteiger partial charge is 0.267 e. The molecular weight excluding hydrogens is 305 g/mol. The maximum Gasteiger partial charge on any atom is 0.267 e. The Morgan fingerprint density at radius 2 is 2.05 bits per heavy atom. The standard InChI is InChI=1S/C12H13ClFN3O2S/c1-8-12(10(7-13)16-15-8)20(18,19)17(2)11-6-4-3-5-9(11)14/h3-6H,7H2,1-2H3,(H,15,16). The number of nitrogens with one attached hydrogen (secondary N) is 1. The van der Waals surface area contributed by atoms with Gasteiger partial charge in [-0.05, 0) is 19.1 Å². The summed E-state index contributed by atoms with van der Waals surface area (Å²) >= 11 is 5.69. The third kappa shape index (κ3) is 2.38. The molecule has 1 N–H and O–H groups in total. The van der Waals surface area contributed by atoms with E-state index in [1.165, 1.54) is 25.2 Å². The molecule has 0 radical (unpaired) electrons. The molecule has 0 spiro atoms. The molecule has 0 saturated heterocycles. The third-order valence-electron chi connectivity index (χ3n) is 2.90. The van der Waals surface area contributed by atoms with Gasteiger partial charge < -0.3 is 0 Å². The molecule has 0 atom stereocenters. The first-order valence-electron chi connectivity index (χ1n) is 5.73. The molecule has 1 aromatic carbocycles. The number of aromatic amines is 1. The summed E-state index contributed by atoms with van der Waals surface area (Å²) in [4.78, 5) is -0.0155. The fourth-order valence-corrected chi connectivity index (χ4v) is 3.68. The summed E-state index contributed by atoms with van der Waals surface area (Å²) in [7, 11) is -2.64. The summed E-state index contributed by atoms with van der Waals surface area (Å²) in [6, 6.07) is 5.65. The molecule has 0 saturated carbocycles. The lowest BCUT2D eigenvalue weighted by Crippen LogP contribution is -2.28. The molecule has 20 heavy (non-hydrogen) atoms. The van der Waals surface area contributed by atoms with Gasteiger partial charge in [0.25, 0.3) is 10.0 Å². The molecule has 0 aliphatic rings. The largest absolute Gasteiger partial charge is 0.281 e. The highest BCUT2D eigenvalue weighted by molar-refractivity contribution is 7.92. The van der Waals surface area contributed by atoms with Crippen molar-refractivity contribution in [2.24, 2.45) is 0 Å². The zero-order valence-electron chi connectivity index (χ0n) is 10.9. The van der Waals surface area contributed by atoms with E-state index in [1.807, 2.05) is 0 Å². The highest BCUT2D eigenvalue weighted by Gasteiger charge is 2.29. The Labute approximate surface area is 121 Å². The maximum absolute atomic E-state index is 13.7. The van der Waals surface area contributed by atoms with Crippen molar-refractivity contribution in [1.82, 2.24) is 10.2 Å². The average molecular weight is 318 g/mol. The van der Waals surface area contributed by atoms with Crippen LogP contribution in [0.3, 0.4) is 0 Å². The van der Waals surface area contributed by atoms with Gasteiger partial charge in [0.15, 0.2) is 0 Å². The van der Waals surface area contributed by atoms with E-state index in [4.69, 9.17) is 11.6 Å². The number of aromatic nitrogens is 2. The van der Waals surface area contributed by atoms with Crippen LogP contribution in [-0.2, 0) is 15.9 Å². The van der Waals surface area contributed by atoms with Crippen molar-refractivity contribution in [3.63, 3.8) is 0 Å². The SMILES string of the molecule is Cc1[nH]nc(CCl)c1S(=O)(=O)N(C)c1ccccc1F. The minimum atomic E-state index is -3.93. The van der Waals surface area contributed by atoms with Crippen LogP contribution >= 0.6 is 11.6 Å². The number of nitrogens with zero attached hydrogens (tertiary/aromatic N) is 2. The first-order valence-corrected chi connectivity index (χ1v) is 7.70. The van der Waals surface area contributed by atoms with Gasteiger partial charge >= 0.3 is 0 Å². The van der Waals surface area contributed by atoms with Crippen LogP contribution in [-0.4, -0.2) is 25.7 Å². The molecule has 0 unspecified atom stereocenters. The number of sulfonamides is 1. The summed E-state index contributed by atoms with van der Waals surface area (Å²) in [5.74, 6) is -0.670. The van der Waals surface area contributed by atoms with Gasteiger partial charge in [0.05, 0.1) is 23.0 Å². The van der Waals surface area contributed by atoms with Crippen molar-refractivity contribution < 1.29 is 12.8 Å². The molecule has 8 heteroatoms. The molecular formula is C12H13ClFN3O2S. The molecule has 0 aliphatic carbocycles. The number of anilines is 1. The molecule has 1 heterocycles. The molecule has 2 rings (SSSR count). The molecule has 2 aromatic rings. The second-order valence-electron chi connectivity index (χ2n) is 4.18. The zero-order chi connectivity index (χ0) is 14.9. The van der Waals surface area contributed by atoms with E-state index < -0.39 is 15.8 Å². The van der Waals surface area contributed by atoms with Gasteiger partial charge in [-0.25, -0.2) is 12.8 Å². The first-order chi connectivity index (χ1) is 9.39. The van der Waals surface area contributed by atoms with Crippen LogP contribution in [0.25, 0.3) is 0 Å². The van der Waals surface area contributed by atoms with E-state index in [0.717, 1.165) is 4.31 Å². The lowest BCUT2D eigenvalue weighted by atomic mass is 10.3. The molecule has 0 fully saturated rings. The normalized spacial score (nSPS) is 11.6. The third-order valence-corrected chi connectivity index (χ3v) is 5.13. The lowest BCUT2D eigenvalue weighted by Gasteiger charge is -2.20. The van der Waals surface area contributed by atoms with Crippen LogP contribution in [0, 0.1) is 12.7 Å². The summed E-state index contributed by atoms with van der Waals surface area (Å²) < 4.78 is 39.8. The van der Waals surface area contributed by atoms with Gasteiger partial charge in [-0.1, -0.05) is 12.1 Å². The molecule has 0 amide bonds. The van der Waals surface area contributed by atoms with Crippen molar-refractivity contribution in [1.29, 1.82) is 0 Å². The van der Waals surface area contributed by atoms with Crippen LogP contribution in [0.4, 0.5) is 10.1 Å². The fraction of sp³-hybridized carbons (Fsp3) is 0.250. The maximum atomic E-state index is 13.7. The number of benzene rings is 1. The minimum absolute atomic E-state index is 0.0155. The van der Waals surface area contributed by atoms with Gasteiger partial charge in [0, 0.05) is 7.05 Å². The topological polar surface area (TPSA) is 66.1 Å². The van der Waals surface area contributed by atoms with Crippen molar-refractivity contribution >= 4 is 27.3 Å². The van der Waals surface area contributed by atoms with E-state index >= 15 is 0 Å². The highest BCUT2D eigenvalue weighted by atomic mass is 35.5. The van der Waals surface area contributed by atoms with Crippen LogP contribution in [0.15, 0.2) is 29.2 Å². The summed E-state index contributed by atoms with van der Waals surface area (Å²) in [5, 5.41) is 6.42. The molecule has 1 aromatic heterocycles. The van der Waals surface area contributed by atoms with Gasteiger partial charge in [-0.15, -0.1) is 11.6 Å². The summed E-state index contributed by atoms with van der Waals surface area (Å²) in [5.41, 5.74) is 0.546. The van der Waals surface area contributed by atoms with Gasteiger partial charge in [0.1, 0.15) is 10.7 Å². The quantitative estimate of drug-likeness (QED) is 0.881. The second-order valence-corrected chi connectivity index (χ2v) is 6.36. The Hall–Kier alpha value is -1.60. The number of halogens is 2. The first kappa shape index (κ1) is 14.8. The number of para-hydroxylation sites is 1. The molecule has 108 valence electrons. The van der Waals surface area contributed by atoms with Crippen LogP contribution in [0.2, 0.25) is 0 Å². The van der Waals surface area contributed by atoms with Crippen molar-refractivity contribution in [3.05, 3.63) is 41.5 Å². The zero-order valence-corrected chi connectivity index (χ0v) is 12.5. The average Bonchev–Trinajstić information content (AvgIpc) is 2.80. The van der Waals surface area contributed by atoms with Crippen molar-refractivity contribution in [2.45, 2.75) is 17.7 Å². The van der Waals surface area contributed by atoms with Crippen molar-refractivity contribution in [3.8, 4) is 0 Å². The van der Waals surface area contributed by atoms with Gasteiger partial charge in [-0.2, -0.15) is 5.10 Å². The number of aryl methyl sites for hydroxylation is 1. The van der Waals surface area contributed by atoms with Crippen molar-refractivity contribution in [2.75, 3.05) is 11.4 Å². The Morgan fingerprint density at radius 3 is 2.65 bits per heavy atom. The number of alkyl halides is 1. The summed E-state index contributed by atoms with van der Waals surface area (Å²) in [6.07, 6.45) is 0. The van der Waals surface area contributed by atoms with E-state index in [2.05, 4.69) is 10.2 Å². The predicted octanol–water partition coefficient (Wildman–Crippen LogP) is 2.42. The minimum Gasteiger partial charge on any atom is -0.281 e. The second kappa shape index (κ2) is 5.41. The monoisotopic (exact) mass is 317 g/mol. The Bertz CT molecular complexity index is 730. The van der Waals surface area contributed by atoms with Crippen LogP contribution in [0.1, 0.15) is 11.4 Å². The fourth-order valence-electron chi connectivity index (χ4n) is 1.88. The number of hydrogen-bond donors (Lipinski definition) is 1. The van der Waals surface area contributed by atoms with E-state index in [0.29, 0.717) is 5.69 Å². The van der Waals surface area contributed by atoms with Gasteiger partial charge in [-0.3, -0.25) is 9.40 Å². The van der Waals surface area contributed by atoms with Crippen LogP contribution in [0.5, 0.6) is 0 Å². The Balaban J connectivity index is 2.56. The van der Waals surface area contributed by atoms with E-state index in [1.54, 1.807) is 13.0 Å². The van der Waals surface area contributed by atoms with Gasteiger partial charge in [0.2, 0.25) is 0 Å².